The van der Waals surface area contributed by atoms with Crippen molar-refractivity contribution in [2.24, 2.45) is 0 Å². The number of aromatic nitrogens is 3. The van der Waals surface area contributed by atoms with Crippen LogP contribution in [-0.2, 0) is 0 Å². The van der Waals surface area contributed by atoms with Gasteiger partial charge < -0.3 is 5.11 Å². The predicted molar refractivity (Wildman–Crippen MR) is 143 cm³/mol. The van der Waals surface area contributed by atoms with E-state index in [0.717, 1.165) is 15.3 Å². The van der Waals surface area contributed by atoms with Crippen molar-refractivity contribution in [2.75, 3.05) is 0 Å². The highest BCUT2D eigenvalue weighted by Crippen LogP contribution is 2.42. The molecule has 2 heterocycles. The molecule has 2 aromatic heterocycles. The van der Waals surface area contributed by atoms with Gasteiger partial charge in [0, 0.05) is 21.4 Å². The van der Waals surface area contributed by atoms with Crippen LogP contribution < -0.4 is 0 Å². The average Bonchev–Trinajstić information content (AvgIpc) is 3.30. The van der Waals surface area contributed by atoms with Crippen molar-refractivity contribution in [3.63, 3.8) is 0 Å². The van der Waals surface area contributed by atoms with Gasteiger partial charge in [0.05, 0.1) is 25.6 Å². The standard InChI is InChI=1S/C24H20Cl3N3O2S2/c1-11(2)33-23-20(14-5-6-17(26)18(27)10-14)28-24(34-23)30-21(22(31)32)19(13(4)29-30)15-7-12(3)8-16(25)9-15/h5-11H,1-4H3,(H,31,32). The first-order chi connectivity index (χ1) is 16.0. The smallest absolute Gasteiger partial charge is 0.355 e. The molecule has 4 aromatic rings. The highest BCUT2D eigenvalue weighted by Gasteiger charge is 2.27. The molecule has 0 atom stereocenters. The van der Waals surface area contributed by atoms with E-state index in [9.17, 15) is 9.90 Å². The summed E-state index contributed by atoms with van der Waals surface area (Å²) in [6, 6.07) is 10.8. The second-order valence-electron chi connectivity index (χ2n) is 7.97. The maximum atomic E-state index is 12.4. The van der Waals surface area contributed by atoms with Crippen LogP contribution in [0.1, 0.15) is 35.6 Å². The molecule has 0 saturated carbocycles. The summed E-state index contributed by atoms with van der Waals surface area (Å²) in [4.78, 5) is 17.2. The Morgan fingerprint density at radius 3 is 2.41 bits per heavy atom. The van der Waals surface area contributed by atoms with E-state index < -0.39 is 5.97 Å². The number of nitrogens with zero attached hydrogens (tertiary/aromatic N) is 3. The molecule has 0 amide bonds. The van der Waals surface area contributed by atoms with E-state index in [2.05, 4.69) is 18.9 Å². The minimum Gasteiger partial charge on any atom is -0.476 e. The lowest BCUT2D eigenvalue weighted by atomic mass is 10.0. The number of halogens is 3. The van der Waals surface area contributed by atoms with E-state index in [4.69, 9.17) is 39.8 Å². The van der Waals surface area contributed by atoms with E-state index in [0.29, 0.717) is 42.7 Å². The minimum absolute atomic E-state index is 0.0368. The third-order valence-electron chi connectivity index (χ3n) is 4.90. The van der Waals surface area contributed by atoms with Crippen LogP contribution in [0.4, 0.5) is 0 Å². The maximum Gasteiger partial charge on any atom is 0.355 e. The SMILES string of the molecule is Cc1cc(Cl)cc(-c2c(C)nn(-c3nc(-c4ccc(Cl)c(Cl)c4)c(SC(C)C)s3)c2C(=O)O)c1. The van der Waals surface area contributed by atoms with Gasteiger partial charge in [0.15, 0.2) is 5.69 Å². The Labute approximate surface area is 220 Å². The molecule has 1 N–H and O–H groups in total. The zero-order valence-corrected chi connectivity index (χ0v) is 22.6. The fourth-order valence-electron chi connectivity index (χ4n) is 3.60. The van der Waals surface area contributed by atoms with Crippen molar-refractivity contribution < 1.29 is 9.90 Å². The van der Waals surface area contributed by atoms with Crippen LogP contribution in [0.15, 0.2) is 40.6 Å². The number of thiazole rings is 1. The molecule has 0 fully saturated rings. The lowest BCUT2D eigenvalue weighted by Crippen LogP contribution is -2.09. The number of aryl methyl sites for hydroxylation is 2. The van der Waals surface area contributed by atoms with Gasteiger partial charge in [-0.15, -0.1) is 11.8 Å². The van der Waals surface area contributed by atoms with Crippen LogP contribution in [-0.4, -0.2) is 31.1 Å². The summed E-state index contributed by atoms with van der Waals surface area (Å²) < 4.78 is 2.34. The maximum absolute atomic E-state index is 12.4. The number of carboxylic acid groups (broad SMARTS) is 1. The number of benzene rings is 2. The summed E-state index contributed by atoms with van der Waals surface area (Å²) in [7, 11) is 0. The van der Waals surface area contributed by atoms with Crippen LogP contribution in [0.25, 0.3) is 27.5 Å². The summed E-state index contributed by atoms with van der Waals surface area (Å²) in [6.07, 6.45) is 0. The molecule has 5 nitrogen and oxygen atoms in total. The van der Waals surface area contributed by atoms with E-state index in [1.54, 1.807) is 36.9 Å². The Bertz CT molecular complexity index is 1390. The first-order valence-corrected chi connectivity index (χ1v) is 13.1. The van der Waals surface area contributed by atoms with Crippen molar-refractivity contribution >= 4 is 63.9 Å². The molecular weight excluding hydrogens is 533 g/mol. The zero-order valence-electron chi connectivity index (χ0n) is 18.7. The van der Waals surface area contributed by atoms with E-state index in [1.165, 1.54) is 16.0 Å². The van der Waals surface area contributed by atoms with Crippen molar-refractivity contribution in [3.05, 3.63) is 68.4 Å². The van der Waals surface area contributed by atoms with Gasteiger partial charge >= 0.3 is 5.97 Å². The molecular formula is C24H20Cl3N3O2S2. The number of hydrogen-bond acceptors (Lipinski definition) is 5. The lowest BCUT2D eigenvalue weighted by Gasteiger charge is -2.06. The fourth-order valence-corrected chi connectivity index (χ4v) is 6.66. The molecule has 0 aliphatic rings. The molecule has 0 radical (unpaired) electrons. The van der Waals surface area contributed by atoms with Gasteiger partial charge in [-0.05, 0) is 49.2 Å². The number of rotatable bonds is 6. The number of carbonyl (C=O) groups is 1. The zero-order chi connectivity index (χ0) is 24.7. The minimum atomic E-state index is -1.10. The predicted octanol–water partition coefficient (Wildman–Crippen LogP) is 8.44. The molecule has 0 aliphatic heterocycles. The molecule has 4 rings (SSSR count). The molecule has 0 bridgehead atoms. The second-order valence-corrected chi connectivity index (χ2v) is 12.0. The Hall–Kier alpha value is -2.03. The lowest BCUT2D eigenvalue weighted by molar-refractivity contribution is 0.0688. The van der Waals surface area contributed by atoms with Gasteiger partial charge in [-0.2, -0.15) is 9.78 Å². The Morgan fingerprint density at radius 1 is 1.06 bits per heavy atom. The van der Waals surface area contributed by atoms with Gasteiger partial charge in [-0.3, -0.25) is 0 Å². The Balaban J connectivity index is 1.93. The number of thioether (sulfide) groups is 1. The number of hydrogen-bond donors (Lipinski definition) is 1. The molecule has 34 heavy (non-hydrogen) atoms. The van der Waals surface area contributed by atoms with Gasteiger partial charge in [-0.1, -0.05) is 72.1 Å². The Kier molecular flexibility index (Phi) is 7.31. The summed E-state index contributed by atoms with van der Waals surface area (Å²) >= 11 is 21.7. The van der Waals surface area contributed by atoms with Gasteiger partial charge in [0.25, 0.3) is 0 Å². The number of carboxylic acids is 1. The van der Waals surface area contributed by atoms with Gasteiger partial charge in [-0.25, -0.2) is 9.78 Å². The molecule has 2 aromatic carbocycles. The van der Waals surface area contributed by atoms with Gasteiger partial charge in [0.1, 0.15) is 0 Å². The van der Waals surface area contributed by atoms with Crippen LogP contribution >= 0.6 is 57.9 Å². The van der Waals surface area contributed by atoms with Crippen molar-refractivity contribution in [3.8, 4) is 27.5 Å². The normalized spacial score (nSPS) is 11.4. The molecule has 0 saturated heterocycles. The molecule has 0 unspecified atom stereocenters. The molecule has 0 aliphatic carbocycles. The van der Waals surface area contributed by atoms with Crippen molar-refractivity contribution in [2.45, 2.75) is 37.2 Å². The van der Waals surface area contributed by atoms with Crippen LogP contribution in [0.3, 0.4) is 0 Å². The molecule has 0 spiro atoms. The first-order valence-electron chi connectivity index (χ1n) is 10.3. The van der Waals surface area contributed by atoms with Crippen LogP contribution in [0.5, 0.6) is 0 Å². The third-order valence-corrected chi connectivity index (χ3v) is 8.10. The quantitative estimate of drug-likeness (QED) is 0.243. The van der Waals surface area contributed by atoms with Crippen LogP contribution in [0.2, 0.25) is 15.1 Å². The summed E-state index contributed by atoms with van der Waals surface area (Å²) in [6.45, 7) is 7.87. The van der Waals surface area contributed by atoms with Crippen molar-refractivity contribution in [1.82, 2.24) is 14.8 Å². The number of aromatic carboxylic acids is 1. The van der Waals surface area contributed by atoms with Crippen LogP contribution in [0, 0.1) is 13.8 Å². The van der Waals surface area contributed by atoms with E-state index in [1.807, 2.05) is 25.1 Å². The Morgan fingerprint density at radius 2 is 1.79 bits per heavy atom. The van der Waals surface area contributed by atoms with E-state index in [-0.39, 0.29) is 10.9 Å². The van der Waals surface area contributed by atoms with Gasteiger partial charge in [0.2, 0.25) is 5.13 Å². The summed E-state index contributed by atoms with van der Waals surface area (Å²) in [5, 5.41) is 16.9. The monoisotopic (exact) mass is 551 g/mol. The summed E-state index contributed by atoms with van der Waals surface area (Å²) in [5.74, 6) is -1.10. The first kappa shape index (κ1) is 25.1. The molecule has 176 valence electrons. The largest absolute Gasteiger partial charge is 0.476 e. The third kappa shape index (κ3) is 4.99. The highest BCUT2D eigenvalue weighted by atomic mass is 35.5. The molecule has 10 heteroatoms. The summed E-state index contributed by atoms with van der Waals surface area (Å²) in [5.41, 5.74) is 4.26. The van der Waals surface area contributed by atoms with Crippen molar-refractivity contribution in [1.29, 1.82) is 0 Å². The highest BCUT2D eigenvalue weighted by molar-refractivity contribution is 8.01. The van der Waals surface area contributed by atoms with E-state index >= 15 is 0 Å². The fraction of sp³-hybridized carbons (Fsp3) is 0.208. The second kappa shape index (κ2) is 9.91. The topological polar surface area (TPSA) is 68.0 Å². The average molecular weight is 553 g/mol.